The molecule has 0 aliphatic carbocycles. The molecule has 0 aliphatic rings. The molecule has 0 aliphatic heterocycles. The molecular weight excluding hydrogens is 224 g/mol. The first kappa shape index (κ1) is 14.9. The highest BCUT2D eigenvalue weighted by Gasteiger charge is 2.18. The summed E-state index contributed by atoms with van der Waals surface area (Å²) in [6, 6.07) is 11.8. The van der Waals surface area contributed by atoms with Crippen molar-refractivity contribution in [2.75, 3.05) is 6.54 Å². The summed E-state index contributed by atoms with van der Waals surface area (Å²) in [5, 5.41) is 20.4. The summed E-state index contributed by atoms with van der Waals surface area (Å²) in [6.07, 6.45) is 0.0520. The highest BCUT2D eigenvalue weighted by atomic mass is 35.5. The molecular formula is C12H17ClN2O. The highest BCUT2D eigenvalue weighted by molar-refractivity contribution is 5.17. The minimum atomic E-state index is -0.468. The monoisotopic (exact) mass is 240 g/mol. The first-order chi connectivity index (χ1) is 7.25. The van der Waals surface area contributed by atoms with Crippen LogP contribution in [0.15, 0.2) is 30.3 Å². The van der Waals surface area contributed by atoms with Crippen molar-refractivity contribution in [1.82, 2.24) is 0 Å². The van der Waals surface area contributed by atoms with Gasteiger partial charge in [-0.3, -0.25) is 0 Å². The average molecular weight is 241 g/mol. The molecule has 3 nitrogen and oxygen atoms in total. The second kappa shape index (κ2) is 8.12. The van der Waals surface area contributed by atoms with Gasteiger partial charge in [0.15, 0.2) is 0 Å². The predicted molar refractivity (Wildman–Crippen MR) is 57.9 cm³/mol. The first-order valence-corrected chi connectivity index (χ1v) is 5.19. The maximum atomic E-state index is 9.97. The SMILES string of the molecule is CC([NH2+]CCC#N)C(O)c1ccccc1.[Cl-]. The number of halogens is 1. The molecule has 3 N–H and O–H groups in total. The molecule has 0 radical (unpaired) electrons. The number of nitrogens with two attached hydrogens (primary N) is 1. The standard InChI is InChI=1S/C12H16N2O.ClH/c1-10(14-9-5-8-13)12(15)11-6-3-2-4-7-11;/h2-4,6-7,10,12,14-15H,5,9H2,1H3;1H. The Bertz CT molecular complexity index is 324. The fraction of sp³-hybridized carbons (Fsp3) is 0.417. The van der Waals surface area contributed by atoms with Gasteiger partial charge in [-0.15, -0.1) is 0 Å². The highest BCUT2D eigenvalue weighted by Crippen LogP contribution is 2.13. The third kappa shape index (κ3) is 4.63. The van der Waals surface area contributed by atoms with Crippen molar-refractivity contribution in [1.29, 1.82) is 5.26 Å². The Labute approximate surface area is 103 Å². The molecule has 0 aromatic heterocycles. The van der Waals surface area contributed by atoms with Crippen molar-refractivity contribution < 1.29 is 22.8 Å². The third-order valence-corrected chi connectivity index (χ3v) is 2.43. The number of nitrogens with zero attached hydrogens (tertiary/aromatic N) is 1. The topological polar surface area (TPSA) is 60.6 Å². The number of benzene rings is 1. The van der Waals surface area contributed by atoms with E-state index in [1.165, 1.54) is 0 Å². The number of hydrogen-bond acceptors (Lipinski definition) is 2. The summed E-state index contributed by atoms with van der Waals surface area (Å²) < 4.78 is 0. The number of aliphatic hydroxyl groups excluding tert-OH is 1. The summed E-state index contributed by atoms with van der Waals surface area (Å²) in [5.41, 5.74) is 0.929. The predicted octanol–water partition coefficient (Wildman–Crippen LogP) is -2.41. The quantitative estimate of drug-likeness (QED) is 0.564. The molecule has 0 saturated heterocycles. The molecule has 0 spiro atoms. The largest absolute Gasteiger partial charge is 1.00 e. The molecule has 2 unspecified atom stereocenters. The molecule has 0 saturated carbocycles. The lowest BCUT2D eigenvalue weighted by Crippen LogP contribution is -3.00. The van der Waals surface area contributed by atoms with Gasteiger partial charge in [0, 0.05) is 0 Å². The van der Waals surface area contributed by atoms with Crippen molar-refractivity contribution in [2.45, 2.75) is 25.5 Å². The minimum absolute atomic E-state index is 0. The van der Waals surface area contributed by atoms with E-state index in [2.05, 4.69) is 6.07 Å². The van der Waals surface area contributed by atoms with Gasteiger partial charge >= 0.3 is 0 Å². The summed E-state index contributed by atoms with van der Waals surface area (Å²) in [6.45, 7) is 2.70. The lowest BCUT2D eigenvalue weighted by Gasteiger charge is -2.17. The van der Waals surface area contributed by atoms with Crippen molar-refractivity contribution in [3.8, 4) is 6.07 Å². The van der Waals surface area contributed by atoms with Crippen LogP contribution in [0, 0.1) is 11.3 Å². The fourth-order valence-electron chi connectivity index (χ4n) is 1.49. The zero-order valence-corrected chi connectivity index (χ0v) is 10.1. The second-order valence-corrected chi connectivity index (χ2v) is 3.65. The number of aliphatic hydroxyl groups is 1. The zero-order valence-electron chi connectivity index (χ0n) is 9.31. The van der Waals surface area contributed by atoms with E-state index in [0.29, 0.717) is 6.42 Å². The molecule has 1 rings (SSSR count). The third-order valence-electron chi connectivity index (χ3n) is 2.43. The van der Waals surface area contributed by atoms with Gasteiger partial charge in [-0.2, -0.15) is 5.26 Å². The lowest BCUT2D eigenvalue weighted by atomic mass is 10.0. The zero-order chi connectivity index (χ0) is 11.1. The molecule has 2 atom stereocenters. The number of hydrogen-bond donors (Lipinski definition) is 2. The minimum Gasteiger partial charge on any atom is -1.00 e. The Morgan fingerprint density at radius 1 is 1.38 bits per heavy atom. The van der Waals surface area contributed by atoms with Gasteiger partial charge in [-0.1, -0.05) is 30.3 Å². The van der Waals surface area contributed by atoms with Crippen LogP contribution in [-0.2, 0) is 0 Å². The summed E-state index contributed by atoms with van der Waals surface area (Å²) in [4.78, 5) is 0. The van der Waals surface area contributed by atoms with Crippen LogP contribution in [0.4, 0.5) is 0 Å². The van der Waals surface area contributed by atoms with Crippen molar-refractivity contribution >= 4 is 0 Å². The molecule has 0 fully saturated rings. The van der Waals surface area contributed by atoms with Crippen LogP contribution in [0.3, 0.4) is 0 Å². The van der Waals surface area contributed by atoms with Gasteiger partial charge in [0.2, 0.25) is 0 Å². The van der Waals surface area contributed by atoms with Gasteiger partial charge in [0.25, 0.3) is 0 Å². The van der Waals surface area contributed by atoms with Crippen LogP contribution < -0.4 is 17.7 Å². The smallest absolute Gasteiger partial charge is 0.130 e. The van der Waals surface area contributed by atoms with Gasteiger partial charge in [0.1, 0.15) is 12.1 Å². The molecule has 0 bridgehead atoms. The number of quaternary nitrogens is 1. The van der Waals surface area contributed by atoms with E-state index in [0.717, 1.165) is 12.1 Å². The molecule has 0 heterocycles. The van der Waals surface area contributed by atoms with E-state index < -0.39 is 6.10 Å². The van der Waals surface area contributed by atoms with Crippen molar-refractivity contribution in [3.05, 3.63) is 35.9 Å². The lowest BCUT2D eigenvalue weighted by molar-refractivity contribution is -0.693. The van der Waals surface area contributed by atoms with Crippen LogP contribution in [0.25, 0.3) is 0 Å². The summed E-state index contributed by atoms with van der Waals surface area (Å²) in [5.74, 6) is 0. The second-order valence-electron chi connectivity index (χ2n) is 3.65. The molecule has 1 aromatic rings. The molecule has 4 heteroatoms. The van der Waals surface area contributed by atoms with E-state index in [-0.39, 0.29) is 18.4 Å². The van der Waals surface area contributed by atoms with Gasteiger partial charge < -0.3 is 22.8 Å². The van der Waals surface area contributed by atoms with E-state index in [4.69, 9.17) is 5.26 Å². The van der Waals surface area contributed by atoms with Crippen LogP contribution in [0.2, 0.25) is 0 Å². The fourth-order valence-corrected chi connectivity index (χ4v) is 1.49. The van der Waals surface area contributed by atoms with Crippen LogP contribution in [0.5, 0.6) is 0 Å². The van der Waals surface area contributed by atoms with Crippen LogP contribution >= 0.6 is 0 Å². The Balaban J connectivity index is 0.00000225. The van der Waals surface area contributed by atoms with Gasteiger partial charge in [0.05, 0.1) is 19.0 Å². The number of nitriles is 1. The van der Waals surface area contributed by atoms with E-state index in [1.807, 2.05) is 42.6 Å². The Kier molecular flexibility index (Phi) is 7.57. The summed E-state index contributed by atoms with van der Waals surface area (Å²) >= 11 is 0. The molecule has 1 aromatic carbocycles. The van der Waals surface area contributed by atoms with E-state index in [9.17, 15) is 5.11 Å². The Morgan fingerprint density at radius 3 is 2.56 bits per heavy atom. The van der Waals surface area contributed by atoms with Crippen LogP contribution in [-0.4, -0.2) is 17.7 Å². The van der Waals surface area contributed by atoms with Crippen molar-refractivity contribution in [2.24, 2.45) is 0 Å². The normalized spacial score (nSPS) is 13.3. The molecule has 16 heavy (non-hydrogen) atoms. The molecule has 88 valence electrons. The van der Waals surface area contributed by atoms with Gasteiger partial charge in [-0.05, 0) is 12.5 Å². The first-order valence-electron chi connectivity index (χ1n) is 5.19. The maximum absolute atomic E-state index is 9.97. The Morgan fingerprint density at radius 2 is 2.00 bits per heavy atom. The van der Waals surface area contributed by atoms with Gasteiger partial charge in [-0.25, -0.2) is 0 Å². The average Bonchev–Trinajstić information content (AvgIpc) is 2.29. The van der Waals surface area contributed by atoms with Crippen LogP contribution in [0.1, 0.15) is 25.0 Å². The van der Waals surface area contributed by atoms with Crippen molar-refractivity contribution in [3.63, 3.8) is 0 Å². The number of rotatable bonds is 5. The van der Waals surface area contributed by atoms with E-state index in [1.54, 1.807) is 0 Å². The maximum Gasteiger partial charge on any atom is 0.130 e. The summed E-state index contributed by atoms with van der Waals surface area (Å²) in [7, 11) is 0. The molecule has 0 amide bonds. The van der Waals surface area contributed by atoms with E-state index >= 15 is 0 Å². The Hall–Kier alpha value is -1.08.